The van der Waals surface area contributed by atoms with Gasteiger partial charge >= 0.3 is 6.09 Å². The molecule has 0 aromatic rings. The fourth-order valence-electron chi connectivity index (χ4n) is 1.74. The van der Waals surface area contributed by atoms with Crippen LogP contribution in [0.5, 0.6) is 0 Å². The molecule has 17 heavy (non-hydrogen) atoms. The molecular weight excluding hydrogens is 229 g/mol. The lowest BCUT2D eigenvalue weighted by Crippen LogP contribution is -2.43. The van der Waals surface area contributed by atoms with E-state index in [9.17, 15) is 19.1 Å². The molecule has 0 aromatic heterocycles. The topological polar surface area (TPSA) is 66.8 Å². The summed E-state index contributed by atoms with van der Waals surface area (Å²) in [4.78, 5) is 24.2. The van der Waals surface area contributed by atoms with E-state index in [0.717, 1.165) is 4.90 Å². The van der Waals surface area contributed by atoms with Crippen LogP contribution in [0.25, 0.3) is 0 Å². The maximum absolute atomic E-state index is 12.0. The highest BCUT2D eigenvalue weighted by molar-refractivity contribution is 5.93. The standard InChI is InChI=1S/C11H18FNO4/c1-7(2)9-6-17-11(16)13(9)10(15)5-8(14)3-4-12/h7-9,14H,3-6H2,1-2H3/t8-,9+/m1/s1. The van der Waals surface area contributed by atoms with Crippen molar-refractivity contribution in [2.45, 2.75) is 38.8 Å². The molecule has 0 saturated carbocycles. The molecular formula is C11H18FNO4. The summed E-state index contributed by atoms with van der Waals surface area (Å²) < 4.78 is 16.8. The van der Waals surface area contributed by atoms with Gasteiger partial charge in [0.05, 0.1) is 25.2 Å². The lowest BCUT2D eigenvalue weighted by atomic mass is 10.0. The Balaban J connectivity index is 2.62. The van der Waals surface area contributed by atoms with E-state index in [0.29, 0.717) is 0 Å². The Labute approximate surface area is 99.5 Å². The number of cyclic esters (lactones) is 1. The Hall–Kier alpha value is -1.17. The fraction of sp³-hybridized carbons (Fsp3) is 0.818. The number of hydrogen-bond acceptors (Lipinski definition) is 4. The monoisotopic (exact) mass is 247 g/mol. The number of ether oxygens (including phenoxy) is 1. The number of carbonyl (C=O) groups excluding carboxylic acids is 2. The van der Waals surface area contributed by atoms with Crippen LogP contribution in [0.1, 0.15) is 26.7 Å². The molecule has 1 fully saturated rings. The average Bonchev–Trinajstić information content (AvgIpc) is 2.60. The Morgan fingerprint density at radius 3 is 2.82 bits per heavy atom. The van der Waals surface area contributed by atoms with Crippen molar-refractivity contribution in [3.63, 3.8) is 0 Å². The van der Waals surface area contributed by atoms with Crippen LogP contribution in [0.2, 0.25) is 0 Å². The number of halogens is 1. The van der Waals surface area contributed by atoms with Gasteiger partial charge in [-0.15, -0.1) is 0 Å². The molecule has 6 heteroatoms. The number of amides is 2. The average molecular weight is 247 g/mol. The van der Waals surface area contributed by atoms with Crippen molar-refractivity contribution in [2.75, 3.05) is 13.3 Å². The summed E-state index contributed by atoms with van der Waals surface area (Å²) in [5.74, 6) is -0.420. The molecule has 1 saturated heterocycles. The van der Waals surface area contributed by atoms with Crippen LogP contribution in [-0.4, -0.2) is 47.4 Å². The minimum atomic E-state index is -1.05. The predicted molar refractivity (Wildman–Crippen MR) is 58.0 cm³/mol. The minimum Gasteiger partial charge on any atom is -0.447 e. The molecule has 0 unspecified atom stereocenters. The van der Waals surface area contributed by atoms with E-state index in [4.69, 9.17) is 4.74 Å². The predicted octanol–water partition coefficient (Wildman–Crippen LogP) is 1.10. The van der Waals surface area contributed by atoms with Crippen molar-refractivity contribution in [3.8, 4) is 0 Å². The van der Waals surface area contributed by atoms with Crippen LogP contribution in [0.15, 0.2) is 0 Å². The zero-order valence-corrected chi connectivity index (χ0v) is 10.1. The molecule has 1 aliphatic heterocycles. The molecule has 1 aliphatic rings. The smallest absolute Gasteiger partial charge is 0.416 e. The number of rotatable bonds is 5. The molecule has 0 spiro atoms. The first-order chi connectivity index (χ1) is 7.97. The Kier molecular flexibility index (Phi) is 4.86. The number of hydrogen-bond donors (Lipinski definition) is 1. The van der Waals surface area contributed by atoms with Gasteiger partial charge in [0.25, 0.3) is 0 Å². The summed E-state index contributed by atoms with van der Waals surface area (Å²) in [6, 6.07) is -0.299. The van der Waals surface area contributed by atoms with Crippen LogP contribution in [0.4, 0.5) is 9.18 Å². The first-order valence-electron chi connectivity index (χ1n) is 5.70. The molecule has 0 aromatic carbocycles. The fourth-order valence-corrected chi connectivity index (χ4v) is 1.74. The first kappa shape index (κ1) is 13.9. The summed E-state index contributed by atoms with van der Waals surface area (Å²) in [6.07, 6.45) is -2.07. The van der Waals surface area contributed by atoms with Crippen LogP contribution in [0, 0.1) is 5.92 Å². The van der Waals surface area contributed by atoms with Crippen molar-refractivity contribution in [1.82, 2.24) is 4.90 Å². The Morgan fingerprint density at radius 2 is 2.29 bits per heavy atom. The third-order valence-corrected chi connectivity index (χ3v) is 2.80. The van der Waals surface area contributed by atoms with Gasteiger partial charge in [-0.1, -0.05) is 13.8 Å². The van der Waals surface area contributed by atoms with Crippen molar-refractivity contribution in [1.29, 1.82) is 0 Å². The second-order valence-electron chi connectivity index (χ2n) is 4.49. The first-order valence-corrected chi connectivity index (χ1v) is 5.70. The zero-order valence-electron chi connectivity index (χ0n) is 10.1. The third-order valence-electron chi connectivity index (χ3n) is 2.80. The normalized spacial score (nSPS) is 21.8. The van der Waals surface area contributed by atoms with E-state index in [1.807, 2.05) is 13.8 Å². The molecule has 1 N–H and O–H groups in total. The molecule has 1 rings (SSSR count). The van der Waals surface area contributed by atoms with E-state index in [2.05, 4.69) is 0 Å². The highest BCUT2D eigenvalue weighted by Crippen LogP contribution is 2.21. The quantitative estimate of drug-likeness (QED) is 0.790. The highest BCUT2D eigenvalue weighted by atomic mass is 19.1. The van der Waals surface area contributed by atoms with Gasteiger partial charge in [0.1, 0.15) is 6.61 Å². The van der Waals surface area contributed by atoms with Gasteiger partial charge in [0.15, 0.2) is 0 Å². The van der Waals surface area contributed by atoms with E-state index in [1.165, 1.54) is 0 Å². The Bertz CT molecular complexity index is 295. The number of carbonyl (C=O) groups is 2. The SMILES string of the molecule is CC(C)[C@@H]1COC(=O)N1C(=O)C[C@H](O)CCF. The summed E-state index contributed by atoms with van der Waals surface area (Å²) in [7, 11) is 0. The lowest BCUT2D eigenvalue weighted by molar-refractivity contribution is -0.131. The number of aliphatic hydroxyl groups excluding tert-OH is 1. The molecule has 98 valence electrons. The number of alkyl halides is 1. The Morgan fingerprint density at radius 1 is 1.65 bits per heavy atom. The van der Waals surface area contributed by atoms with Crippen molar-refractivity contribution < 1.29 is 23.8 Å². The maximum Gasteiger partial charge on any atom is 0.416 e. The van der Waals surface area contributed by atoms with E-state index in [1.54, 1.807) is 0 Å². The second kappa shape index (κ2) is 5.95. The summed E-state index contributed by atoms with van der Waals surface area (Å²) in [5.41, 5.74) is 0. The molecule has 5 nitrogen and oxygen atoms in total. The van der Waals surface area contributed by atoms with Crippen LogP contribution in [0.3, 0.4) is 0 Å². The van der Waals surface area contributed by atoms with Gasteiger partial charge in [-0.05, 0) is 5.92 Å². The highest BCUT2D eigenvalue weighted by Gasteiger charge is 2.39. The molecule has 0 aliphatic carbocycles. The summed E-state index contributed by atoms with van der Waals surface area (Å²) >= 11 is 0. The van der Waals surface area contributed by atoms with Gasteiger partial charge in [-0.25, -0.2) is 9.69 Å². The summed E-state index contributed by atoms with van der Waals surface area (Å²) in [5, 5.41) is 9.35. The summed E-state index contributed by atoms with van der Waals surface area (Å²) in [6.45, 7) is 3.25. The van der Waals surface area contributed by atoms with Crippen molar-refractivity contribution in [3.05, 3.63) is 0 Å². The van der Waals surface area contributed by atoms with E-state index < -0.39 is 24.8 Å². The van der Waals surface area contributed by atoms with Crippen LogP contribution in [-0.2, 0) is 9.53 Å². The molecule has 0 radical (unpaired) electrons. The van der Waals surface area contributed by atoms with Gasteiger partial charge in [0.2, 0.25) is 5.91 Å². The zero-order chi connectivity index (χ0) is 13.0. The number of nitrogens with zero attached hydrogens (tertiary/aromatic N) is 1. The van der Waals surface area contributed by atoms with Gasteiger partial charge < -0.3 is 9.84 Å². The van der Waals surface area contributed by atoms with Gasteiger partial charge in [-0.2, -0.15) is 0 Å². The minimum absolute atomic E-state index is 0.0868. The third kappa shape index (κ3) is 3.39. The number of aliphatic hydroxyl groups is 1. The number of imide groups is 1. The second-order valence-corrected chi connectivity index (χ2v) is 4.49. The largest absolute Gasteiger partial charge is 0.447 e. The molecule has 0 bridgehead atoms. The maximum atomic E-state index is 12.0. The lowest BCUT2D eigenvalue weighted by Gasteiger charge is -2.23. The van der Waals surface area contributed by atoms with E-state index in [-0.39, 0.29) is 31.4 Å². The van der Waals surface area contributed by atoms with Crippen molar-refractivity contribution >= 4 is 12.0 Å². The van der Waals surface area contributed by atoms with Crippen molar-refractivity contribution in [2.24, 2.45) is 5.92 Å². The molecule has 1 heterocycles. The van der Waals surface area contributed by atoms with Gasteiger partial charge in [0, 0.05) is 6.42 Å². The van der Waals surface area contributed by atoms with Crippen LogP contribution >= 0.6 is 0 Å². The van der Waals surface area contributed by atoms with Gasteiger partial charge in [-0.3, -0.25) is 9.18 Å². The van der Waals surface area contributed by atoms with E-state index >= 15 is 0 Å². The molecule has 2 amide bonds. The molecule has 2 atom stereocenters. The van der Waals surface area contributed by atoms with Crippen LogP contribution < -0.4 is 0 Å².